The summed E-state index contributed by atoms with van der Waals surface area (Å²) in [7, 11) is 0. The first kappa shape index (κ1) is 17.2. The number of hydrogen-bond acceptors (Lipinski definition) is 4. The van der Waals surface area contributed by atoms with Crippen LogP contribution in [0.5, 0.6) is 0 Å². The Morgan fingerprint density at radius 2 is 1.88 bits per heavy atom. The minimum absolute atomic E-state index is 0.329. The highest BCUT2D eigenvalue weighted by molar-refractivity contribution is 7.99. The van der Waals surface area contributed by atoms with E-state index >= 15 is 0 Å². The lowest BCUT2D eigenvalue weighted by atomic mass is 10.2. The van der Waals surface area contributed by atoms with Gasteiger partial charge < -0.3 is 0 Å². The van der Waals surface area contributed by atoms with E-state index in [9.17, 15) is 4.39 Å². The molecular formula is C19H17FN4S. The molecule has 0 saturated carbocycles. The molecule has 1 aromatic heterocycles. The fraction of sp³-hybridized carbons (Fsp3) is 0.211. The van der Waals surface area contributed by atoms with E-state index in [1.54, 1.807) is 18.2 Å². The van der Waals surface area contributed by atoms with Gasteiger partial charge in [-0.2, -0.15) is 5.26 Å². The lowest BCUT2D eigenvalue weighted by Gasteiger charge is -2.11. The summed E-state index contributed by atoms with van der Waals surface area (Å²) < 4.78 is 16.1. The van der Waals surface area contributed by atoms with Crippen molar-refractivity contribution < 1.29 is 4.39 Å². The van der Waals surface area contributed by atoms with Crippen LogP contribution in [0.1, 0.15) is 18.4 Å². The number of halogens is 1. The van der Waals surface area contributed by atoms with Gasteiger partial charge in [-0.25, -0.2) is 4.39 Å². The second-order valence-electron chi connectivity index (χ2n) is 5.57. The molecule has 0 atom stereocenters. The molecule has 126 valence electrons. The molecule has 0 saturated heterocycles. The maximum Gasteiger partial charge on any atom is 0.196 e. The maximum atomic E-state index is 14.3. The molecule has 0 aliphatic rings. The van der Waals surface area contributed by atoms with E-state index in [0.29, 0.717) is 23.0 Å². The van der Waals surface area contributed by atoms with Crippen LogP contribution in [0.2, 0.25) is 0 Å². The predicted molar refractivity (Wildman–Crippen MR) is 97.1 cm³/mol. The van der Waals surface area contributed by atoms with Crippen LogP contribution in [0.25, 0.3) is 17.1 Å². The number of hydrogen-bond donors (Lipinski definition) is 0. The number of thioether (sulfide) groups is 1. The average Bonchev–Trinajstić information content (AvgIpc) is 3.03. The van der Waals surface area contributed by atoms with E-state index in [1.165, 1.54) is 17.8 Å². The van der Waals surface area contributed by atoms with E-state index in [1.807, 2.05) is 35.8 Å². The Morgan fingerprint density at radius 3 is 2.60 bits per heavy atom. The fourth-order valence-corrected chi connectivity index (χ4v) is 3.31. The van der Waals surface area contributed by atoms with Gasteiger partial charge in [-0.1, -0.05) is 41.6 Å². The van der Waals surface area contributed by atoms with Crippen LogP contribution in [0.15, 0.2) is 53.7 Å². The predicted octanol–water partition coefficient (Wildman–Crippen LogP) is 4.78. The SMILES string of the molecule is Cc1ccc(-n2c(SCCCC#N)nnc2-c2ccccc2F)cc1. The lowest BCUT2D eigenvalue weighted by Crippen LogP contribution is -2.01. The van der Waals surface area contributed by atoms with Gasteiger partial charge in [0.1, 0.15) is 5.82 Å². The quantitative estimate of drug-likeness (QED) is 0.473. The zero-order chi connectivity index (χ0) is 17.6. The second kappa shape index (κ2) is 7.95. The molecule has 0 radical (unpaired) electrons. The summed E-state index contributed by atoms with van der Waals surface area (Å²) in [5, 5.41) is 17.9. The Labute approximate surface area is 150 Å². The van der Waals surface area contributed by atoms with Crippen LogP contribution < -0.4 is 0 Å². The first-order chi connectivity index (χ1) is 12.2. The van der Waals surface area contributed by atoms with Crippen LogP contribution in [-0.4, -0.2) is 20.5 Å². The molecule has 0 spiro atoms. The van der Waals surface area contributed by atoms with E-state index in [0.717, 1.165) is 23.4 Å². The second-order valence-corrected chi connectivity index (χ2v) is 6.63. The number of unbranched alkanes of at least 4 members (excludes halogenated alkanes) is 1. The van der Waals surface area contributed by atoms with Gasteiger partial charge in [-0.05, 0) is 37.6 Å². The largest absolute Gasteiger partial charge is 0.270 e. The highest BCUT2D eigenvalue weighted by atomic mass is 32.2. The highest BCUT2D eigenvalue weighted by Gasteiger charge is 2.18. The first-order valence-corrected chi connectivity index (χ1v) is 8.96. The number of aromatic nitrogens is 3. The molecule has 3 aromatic rings. The molecule has 1 heterocycles. The van der Waals surface area contributed by atoms with Crippen LogP contribution >= 0.6 is 11.8 Å². The minimum atomic E-state index is -0.329. The molecule has 0 bridgehead atoms. The summed E-state index contributed by atoms with van der Waals surface area (Å²) in [5.74, 6) is 0.906. The molecule has 0 amide bonds. The Kier molecular flexibility index (Phi) is 5.46. The first-order valence-electron chi connectivity index (χ1n) is 7.98. The minimum Gasteiger partial charge on any atom is -0.270 e. The summed E-state index contributed by atoms with van der Waals surface area (Å²) in [6, 6.07) is 16.7. The zero-order valence-electron chi connectivity index (χ0n) is 13.8. The van der Waals surface area contributed by atoms with Crippen LogP contribution in [0, 0.1) is 24.1 Å². The van der Waals surface area contributed by atoms with Crippen molar-refractivity contribution in [1.82, 2.24) is 14.8 Å². The fourth-order valence-electron chi connectivity index (χ4n) is 2.42. The Balaban J connectivity index is 2.04. The Hall–Kier alpha value is -2.65. The van der Waals surface area contributed by atoms with Gasteiger partial charge in [0, 0.05) is 17.9 Å². The third-order valence-corrected chi connectivity index (χ3v) is 4.72. The summed E-state index contributed by atoms with van der Waals surface area (Å²) in [4.78, 5) is 0. The normalized spacial score (nSPS) is 10.6. The van der Waals surface area contributed by atoms with Crippen molar-refractivity contribution in [2.75, 3.05) is 5.75 Å². The topological polar surface area (TPSA) is 54.5 Å². The third kappa shape index (κ3) is 3.89. The Bertz CT molecular complexity index is 897. The van der Waals surface area contributed by atoms with Crippen molar-refractivity contribution in [1.29, 1.82) is 5.26 Å². The molecule has 4 nitrogen and oxygen atoms in total. The van der Waals surface area contributed by atoms with Gasteiger partial charge >= 0.3 is 0 Å². The number of rotatable bonds is 6. The summed E-state index contributed by atoms with van der Waals surface area (Å²) >= 11 is 1.52. The van der Waals surface area contributed by atoms with Crippen molar-refractivity contribution >= 4 is 11.8 Å². The maximum absolute atomic E-state index is 14.3. The molecule has 25 heavy (non-hydrogen) atoms. The van der Waals surface area contributed by atoms with Gasteiger partial charge in [0.15, 0.2) is 11.0 Å². The van der Waals surface area contributed by atoms with Gasteiger partial charge in [-0.15, -0.1) is 10.2 Å². The average molecular weight is 352 g/mol. The molecule has 0 aliphatic carbocycles. The van der Waals surface area contributed by atoms with Gasteiger partial charge in [-0.3, -0.25) is 4.57 Å². The van der Waals surface area contributed by atoms with Crippen molar-refractivity contribution in [3.05, 3.63) is 59.9 Å². The molecule has 0 unspecified atom stereocenters. The van der Waals surface area contributed by atoms with Crippen LogP contribution in [0.3, 0.4) is 0 Å². The zero-order valence-corrected chi connectivity index (χ0v) is 14.6. The standard InChI is InChI=1S/C19H17FN4S/c1-14-8-10-15(11-9-14)24-18(16-6-2-3-7-17(16)20)22-23-19(24)25-13-5-4-12-21/h2-3,6-11H,4-5,13H2,1H3. The van der Waals surface area contributed by atoms with E-state index in [-0.39, 0.29) is 5.82 Å². The molecular weight excluding hydrogens is 335 g/mol. The lowest BCUT2D eigenvalue weighted by molar-refractivity contribution is 0.629. The number of aryl methyl sites for hydroxylation is 1. The molecule has 3 rings (SSSR count). The van der Waals surface area contributed by atoms with Crippen LogP contribution in [-0.2, 0) is 0 Å². The molecule has 2 aromatic carbocycles. The van der Waals surface area contributed by atoms with Crippen molar-refractivity contribution in [3.8, 4) is 23.1 Å². The van der Waals surface area contributed by atoms with E-state index < -0.39 is 0 Å². The van der Waals surface area contributed by atoms with Gasteiger partial charge in [0.2, 0.25) is 0 Å². The van der Waals surface area contributed by atoms with Crippen molar-refractivity contribution in [2.24, 2.45) is 0 Å². The highest BCUT2D eigenvalue weighted by Crippen LogP contribution is 2.29. The van der Waals surface area contributed by atoms with Gasteiger partial charge in [0.25, 0.3) is 0 Å². The molecule has 0 fully saturated rings. The molecule has 6 heteroatoms. The number of nitrogens with zero attached hydrogens (tertiary/aromatic N) is 4. The monoisotopic (exact) mass is 352 g/mol. The number of nitriles is 1. The van der Waals surface area contributed by atoms with E-state index in [2.05, 4.69) is 16.3 Å². The van der Waals surface area contributed by atoms with Gasteiger partial charge in [0.05, 0.1) is 11.6 Å². The van der Waals surface area contributed by atoms with Crippen LogP contribution in [0.4, 0.5) is 4.39 Å². The smallest absolute Gasteiger partial charge is 0.196 e. The third-order valence-electron chi connectivity index (χ3n) is 3.70. The van der Waals surface area contributed by atoms with E-state index in [4.69, 9.17) is 5.26 Å². The van der Waals surface area contributed by atoms with Crippen molar-refractivity contribution in [3.63, 3.8) is 0 Å². The summed E-state index contributed by atoms with van der Waals surface area (Å²) in [6.07, 6.45) is 1.28. The molecule has 0 N–H and O–H groups in total. The number of benzene rings is 2. The summed E-state index contributed by atoms with van der Waals surface area (Å²) in [6.45, 7) is 2.02. The molecule has 0 aliphatic heterocycles. The van der Waals surface area contributed by atoms with Crippen molar-refractivity contribution in [2.45, 2.75) is 24.9 Å². The Morgan fingerprint density at radius 1 is 1.12 bits per heavy atom. The summed E-state index contributed by atoms with van der Waals surface area (Å²) in [5.41, 5.74) is 2.45.